The number of rotatable bonds is 4. The molecular weight excluding hydrogens is 574 g/mol. The van der Waals surface area contributed by atoms with Gasteiger partial charge in [-0.25, -0.2) is 15.0 Å². The predicted molar refractivity (Wildman–Crippen MR) is 191 cm³/mol. The lowest BCUT2D eigenvalue weighted by atomic mass is 9.93. The SMILES string of the molecule is c1ccc(-c2cccc(-c3nc(-c4ccccc4)nc(-c4c5c(cc6oc7ccccc7c46)-c4cccc6cccc-5c46)n3)c2)cc1. The lowest BCUT2D eigenvalue weighted by Gasteiger charge is -2.14. The summed E-state index contributed by atoms with van der Waals surface area (Å²) in [7, 11) is 0. The summed E-state index contributed by atoms with van der Waals surface area (Å²) >= 11 is 0. The number of hydrogen-bond donors (Lipinski definition) is 0. The third-order valence-corrected chi connectivity index (χ3v) is 9.25. The largest absolute Gasteiger partial charge is 0.456 e. The Kier molecular flexibility index (Phi) is 5.54. The molecule has 0 aliphatic heterocycles. The molecule has 4 nitrogen and oxygen atoms in total. The van der Waals surface area contributed by atoms with E-state index in [-0.39, 0.29) is 0 Å². The summed E-state index contributed by atoms with van der Waals surface area (Å²) in [6, 6.07) is 52.5. The van der Waals surface area contributed by atoms with Crippen molar-refractivity contribution in [3.63, 3.8) is 0 Å². The third kappa shape index (κ3) is 3.98. The van der Waals surface area contributed by atoms with Gasteiger partial charge < -0.3 is 4.42 Å². The van der Waals surface area contributed by atoms with Gasteiger partial charge in [0.15, 0.2) is 17.5 Å². The fourth-order valence-electron chi connectivity index (χ4n) is 7.18. The second kappa shape index (κ2) is 10.1. The van der Waals surface area contributed by atoms with Gasteiger partial charge in [0.05, 0.1) is 0 Å². The molecule has 0 spiro atoms. The van der Waals surface area contributed by atoms with Gasteiger partial charge in [0.1, 0.15) is 11.2 Å². The van der Waals surface area contributed by atoms with Gasteiger partial charge in [-0.3, -0.25) is 0 Å². The van der Waals surface area contributed by atoms with Crippen LogP contribution in [0.2, 0.25) is 0 Å². The van der Waals surface area contributed by atoms with E-state index in [9.17, 15) is 0 Å². The highest BCUT2D eigenvalue weighted by Crippen LogP contribution is 2.54. The first-order valence-electron chi connectivity index (χ1n) is 15.8. The molecule has 0 saturated heterocycles. The van der Waals surface area contributed by atoms with Crippen molar-refractivity contribution in [1.82, 2.24) is 15.0 Å². The lowest BCUT2D eigenvalue weighted by Crippen LogP contribution is -2.01. The summed E-state index contributed by atoms with van der Waals surface area (Å²) in [5, 5.41) is 4.51. The summed E-state index contributed by atoms with van der Waals surface area (Å²) in [6.07, 6.45) is 0. The normalized spacial score (nSPS) is 11.8. The number of furan rings is 1. The second-order valence-corrected chi connectivity index (χ2v) is 12.0. The molecule has 7 aromatic carbocycles. The van der Waals surface area contributed by atoms with Gasteiger partial charge in [0, 0.05) is 33.0 Å². The van der Waals surface area contributed by atoms with E-state index in [0.29, 0.717) is 17.5 Å². The van der Waals surface area contributed by atoms with Crippen LogP contribution in [-0.2, 0) is 0 Å². The minimum atomic E-state index is 0.622. The lowest BCUT2D eigenvalue weighted by molar-refractivity contribution is 0.669. The first-order valence-corrected chi connectivity index (χ1v) is 15.8. The molecule has 0 fully saturated rings. The van der Waals surface area contributed by atoms with Crippen molar-refractivity contribution >= 4 is 32.7 Å². The van der Waals surface area contributed by atoms with Crippen molar-refractivity contribution in [2.75, 3.05) is 0 Å². The number of benzene rings is 7. The Hall–Kier alpha value is -6.39. The van der Waals surface area contributed by atoms with Gasteiger partial charge in [-0.05, 0) is 56.8 Å². The van der Waals surface area contributed by atoms with Crippen LogP contribution < -0.4 is 0 Å². The highest BCUT2D eigenvalue weighted by atomic mass is 16.3. The van der Waals surface area contributed by atoms with E-state index >= 15 is 0 Å². The molecule has 4 heteroatoms. The topological polar surface area (TPSA) is 51.8 Å². The molecule has 0 saturated carbocycles. The van der Waals surface area contributed by atoms with Crippen LogP contribution in [0.5, 0.6) is 0 Å². The standard InChI is InChI=1S/C43H25N3O/c1-3-12-26(13-4-1)29-18-9-19-30(24-29)42-44-41(28-14-5-2-6-15-28)45-43(46-42)40-38-33-22-11-17-27-16-10-21-31(37(27)33)34(38)25-36-39(40)32-20-7-8-23-35(32)47-36/h1-25H. The molecule has 0 atom stereocenters. The summed E-state index contributed by atoms with van der Waals surface area (Å²) in [5.74, 6) is 1.87. The second-order valence-electron chi connectivity index (χ2n) is 12.0. The molecule has 0 unspecified atom stereocenters. The van der Waals surface area contributed by atoms with Gasteiger partial charge in [0.25, 0.3) is 0 Å². The molecule has 2 aromatic heterocycles. The smallest absolute Gasteiger partial charge is 0.165 e. The molecular formula is C43H25N3O. The average Bonchev–Trinajstić information content (AvgIpc) is 3.68. The van der Waals surface area contributed by atoms with E-state index in [2.05, 4.69) is 115 Å². The number of nitrogens with zero attached hydrogens (tertiary/aromatic N) is 3. The van der Waals surface area contributed by atoms with Gasteiger partial charge in [0.2, 0.25) is 0 Å². The maximum atomic E-state index is 6.56. The number of hydrogen-bond acceptors (Lipinski definition) is 4. The van der Waals surface area contributed by atoms with E-state index in [0.717, 1.165) is 60.9 Å². The van der Waals surface area contributed by atoms with Crippen LogP contribution >= 0.6 is 0 Å². The van der Waals surface area contributed by atoms with Crippen LogP contribution in [0, 0.1) is 0 Å². The zero-order valence-corrected chi connectivity index (χ0v) is 25.2. The molecule has 1 aliphatic carbocycles. The van der Waals surface area contributed by atoms with Crippen LogP contribution in [0.4, 0.5) is 0 Å². The fraction of sp³-hybridized carbons (Fsp3) is 0. The summed E-state index contributed by atoms with van der Waals surface area (Å²) in [4.78, 5) is 15.7. The Morgan fingerprint density at radius 3 is 1.79 bits per heavy atom. The number of aromatic nitrogens is 3. The molecule has 1 aliphatic rings. The zero-order valence-electron chi connectivity index (χ0n) is 25.2. The van der Waals surface area contributed by atoms with Gasteiger partial charge in [-0.2, -0.15) is 0 Å². The third-order valence-electron chi connectivity index (χ3n) is 9.25. The maximum absolute atomic E-state index is 6.56. The van der Waals surface area contributed by atoms with Crippen molar-refractivity contribution in [2.24, 2.45) is 0 Å². The zero-order chi connectivity index (χ0) is 30.9. The molecule has 9 aromatic rings. The monoisotopic (exact) mass is 599 g/mol. The van der Waals surface area contributed by atoms with Crippen molar-refractivity contribution in [3.8, 4) is 67.5 Å². The van der Waals surface area contributed by atoms with E-state index in [1.165, 1.54) is 21.9 Å². The molecule has 0 amide bonds. The van der Waals surface area contributed by atoms with Crippen LogP contribution in [0.3, 0.4) is 0 Å². The Morgan fingerprint density at radius 2 is 0.979 bits per heavy atom. The highest BCUT2D eigenvalue weighted by molar-refractivity contribution is 6.25. The van der Waals surface area contributed by atoms with Crippen molar-refractivity contribution < 1.29 is 4.42 Å². The average molecular weight is 600 g/mol. The Bertz CT molecular complexity index is 2670. The predicted octanol–water partition coefficient (Wildman–Crippen LogP) is 11.2. The Morgan fingerprint density at radius 1 is 0.362 bits per heavy atom. The van der Waals surface area contributed by atoms with Gasteiger partial charge in [-0.15, -0.1) is 0 Å². The molecule has 0 radical (unpaired) electrons. The van der Waals surface area contributed by atoms with E-state index in [1.807, 2.05) is 36.4 Å². The van der Waals surface area contributed by atoms with Crippen LogP contribution in [-0.4, -0.2) is 15.0 Å². The first-order chi connectivity index (χ1) is 23.3. The molecule has 10 rings (SSSR count). The number of para-hydroxylation sites is 1. The van der Waals surface area contributed by atoms with Crippen molar-refractivity contribution in [2.45, 2.75) is 0 Å². The minimum absolute atomic E-state index is 0.622. The summed E-state index contributed by atoms with van der Waals surface area (Å²) in [6.45, 7) is 0. The quantitative estimate of drug-likeness (QED) is 0.202. The molecule has 218 valence electrons. The van der Waals surface area contributed by atoms with Crippen LogP contribution in [0.1, 0.15) is 0 Å². The molecule has 0 bridgehead atoms. The van der Waals surface area contributed by atoms with Gasteiger partial charge >= 0.3 is 0 Å². The maximum Gasteiger partial charge on any atom is 0.165 e. The van der Waals surface area contributed by atoms with Crippen molar-refractivity contribution in [1.29, 1.82) is 0 Å². The minimum Gasteiger partial charge on any atom is -0.456 e. The first kappa shape index (κ1) is 25.9. The van der Waals surface area contributed by atoms with Crippen LogP contribution in [0.15, 0.2) is 156 Å². The molecule has 2 heterocycles. The Balaban J connectivity index is 1.32. The Labute approximate surface area is 270 Å². The summed E-state index contributed by atoms with van der Waals surface area (Å²) < 4.78 is 6.56. The number of fused-ring (bicyclic) bond motifs is 6. The van der Waals surface area contributed by atoms with Crippen molar-refractivity contribution in [3.05, 3.63) is 152 Å². The van der Waals surface area contributed by atoms with Crippen LogP contribution in [0.25, 0.3) is 100 Å². The molecule has 47 heavy (non-hydrogen) atoms. The van der Waals surface area contributed by atoms with E-state index in [4.69, 9.17) is 19.4 Å². The fourth-order valence-corrected chi connectivity index (χ4v) is 7.18. The molecule has 0 N–H and O–H groups in total. The highest BCUT2D eigenvalue weighted by Gasteiger charge is 2.30. The summed E-state index contributed by atoms with van der Waals surface area (Å²) in [5.41, 5.74) is 11.4. The van der Waals surface area contributed by atoms with E-state index in [1.54, 1.807) is 0 Å². The van der Waals surface area contributed by atoms with Gasteiger partial charge in [-0.1, -0.05) is 133 Å². The van der Waals surface area contributed by atoms with E-state index < -0.39 is 0 Å².